The summed E-state index contributed by atoms with van der Waals surface area (Å²) in [6.07, 6.45) is 0.816. The summed E-state index contributed by atoms with van der Waals surface area (Å²) in [6.45, 7) is 3.86. The van der Waals surface area contributed by atoms with E-state index in [0.29, 0.717) is 35.0 Å². The van der Waals surface area contributed by atoms with E-state index < -0.39 is 5.91 Å². The van der Waals surface area contributed by atoms with Crippen LogP contribution in [-0.2, 0) is 4.79 Å². The minimum atomic E-state index is -0.401. The molecule has 0 unspecified atom stereocenters. The maximum Gasteiger partial charge on any atom is 0.255 e. The van der Waals surface area contributed by atoms with Crippen molar-refractivity contribution in [2.24, 2.45) is 0 Å². The van der Waals surface area contributed by atoms with Gasteiger partial charge in [0, 0.05) is 17.0 Å². The summed E-state index contributed by atoms with van der Waals surface area (Å²) in [5.74, 6) is 0.133. The molecule has 0 atom stereocenters. The Morgan fingerprint density at radius 3 is 2.52 bits per heavy atom. The molecule has 0 heterocycles. The zero-order valence-electron chi connectivity index (χ0n) is 15.2. The van der Waals surface area contributed by atoms with Crippen molar-refractivity contribution in [3.05, 3.63) is 45.4 Å². The summed E-state index contributed by atoms with van der Waals surface area (Å²) in [5.41, 5.74) is 1.24. The molecule has 0 fully saturated rings. The predicted octanol–water partition coefficient (Wildman–Crippen LogP) is 5.11. The van der Waals surface area contributed by atoms with Gasteiger partial charge in [-0.3, -0.25) is 9.59 Å². The third kappa shape index (κ3) is 5.61. The number of amides is 2. The van der Waals surface area contributed by atoms with Crippen molar-refractivity contribution in [1.29, 1.82) is 0 Å². The highest BCUT2D eigenvalue weighted by Crippen LogP contribution is 2.37. The molecule has 27 heavy (non-hydrogen) atoms. The van der Waals surface area contributed by atoms with Gasteiger partial charge >= 0.3 is 0 Å². The second-order valence-corrected chi connectivity index (χ2v) is 6.99. The Balaban J connectivity index is 2.32. The quantitative estimate of drug-likeness (QED) is 0.608. The summed E-state index contributed by atoms with van der Waals surface area (Å²) < 4.78 is 11.7. The van der Waals surface area contributed by atoms with Gasteiger partial charge in [-0.15, -0.1) is 0 Å². The number of rotatable bonds is 7. The normalized spacial score (nSPS) is 10.3. The number of benzene rings is 2. The Labute approximate surface area is 171 Å². The molecule has 0 saturated carbocycles. The first-order valence-electron chi connectivity index (χ1n) is 8.24. The molecule has 0 spiro atoms. The van der Waals surface area contributed by atoms with E-state index in [0.717, 1.165) is 10.9 Å². The van der Waals surface area contributed by atoms with Gasteiger partial charge in [0.1, 0.15) is 0 Å². The fraction of sp³-hybridized carbons (Fsp3) is 0.263. The Hall–Kier alpha value is -2.25. The van der Waals surface area contributed by atoms with Crippen molar-refractivity contribution in [2.75, 3.05) is 24.4 Å². The Kier molecular flexibility index (Phi) is 7.50. The fourth-order valence-corrected chi connectivity index (χ4v) is 2.93. The molecule has 0 saturated heterocycles. The Morgan fingerprint density at radius 2 is 1.89 bits per heavy atom. The first-order chi connectivity index (χ1) is 12.8. The van der Waals surface area contributed by atoms with Crippen LogP contribution in [0.25, 0.3) is 0 Å². The van der Waals surface area contributed by atoms with Crippen LogP contribution in [0.3, 0.4) is 0 Å². The van der Waals surface area contributed by atoms with Gasteiger partial charge in [0.15, 0.2) is 11.5 Å². The zero-order chi connectivity index (χ0) is 20.0. The van der Waals surface area contributed by atoms with E-state index in [-0.39, 0.29) is 10.9 Å². The van der Waals surface area contributed by atoms with E-state index in [1.165, 1.54) is 20.1 Å². The standard InChI is InChI=1S/C19H20BrClN2O4/c1-4-7-27-18-14(21)8-12(9-17(18)26-3)19(25)23-16-10-13(20)5-6-15(16)22-11(2)24/h5-6,8-10H,4,7H2,1-3H3,(H,22,24)(H,23,25). The van der Waals surface area contributed by atoms with Crippen LogP contribution in [0.4, 0.5) is 11.4 Å². The van der Waals surface area contributed by atoms with Gasteiger partial charge in [-0.2, -0.15) is 0 Å². The molecule has 0 radical (unpaired) electrons. The molecule has 0 aromatic heterocycles. The molecule has 144 valence electrons. The SMILES string of the molecule is CCCOc1c(Cl)cc(C(=O)Nc2cc(Br)ccc2NC(C)=O)cc1OC. The smallest absolute Gasteiger partial charge is 0.255 e. The summed E-state index contributed by atoms with van der Waals surface area (Å²) in [6, 6.07) is 8.22. The molecule has 2 N–H and O–H groups in total. The molecule has 6 nitrogen and oxygen atoms in total. The second kappa shape index (κ2) is 9.62. The molecule has 2 aromatic carbocycles. The van der Waals surface area contributed by atoms with E-state index >= 15 is 0 Å². The summed E-state index contributed by atoms with van der Waals surface area (Å²) >= 11 is 9.63. The lowest BCUT2D eigenvalue weighted by Crippen LogP contribution is -2.15. The van der Waals surface area contributed by atoms with Crippen LogP contribution in [-0.4, -0.2) is 25.5 Å². The highest BCUT2D eigenvalue weighted by molar-refractivity contribution is 9.10. The lowest BCUT2D eigenvalue weighted by atomic mass is 10.1. The number of nitrogens with one attached hydrogen (secondary N) is 2. The van der Waals surface area contributed by atoms with E-state index in [1.807, 2.05) is 6.92 Å². The molecule has 0 bridgehead atoms. The van der Waals surface area contributed by atoms with E-state index in [4.69, 9.17) is 21.1 Å². The molecule has 2 rings (SSSR count). The van der Waals surface area contributed by atoms with Gasteiger partial charge in [0.2, 0.25) is 5.91 Å². The molecular weight excluding hydrogens is 436 g/mol. The molecule has 0 aliphatic rings. The number of methoxy groups -OCH3 is 1. The first kappa shape index (κ1) is 21.1. The highest BCUT2D eigenvalue weighted by atomic mass is 79.9. The summed E-state index contributed by atoms with van der Waals surface area (Å²) in [4.78, 5) is 24.1. The predicted molar refractivity (Wildman–Crippen MR) is 110 cm³/mol. The number of anilines is 2. The number of carbonyl (C=O) groups excluding carboxylic acids is 2. The van der Waals surface area contributed by atoms with Crippen molar-refractivity contribution in [3.63, 3.8) is 0 Å². The van der Waals surface area contributed by atoms with Crippen LogP contribution in [0.2, 0.25) is 5.02 Å². The summed E-state index contributed by atoms with van der Waals surface area (Å²) in [7, 11) is 1.48. The van der Waals surface area contributed by atoms with Crippen molar-refractivity contribution in [1.82, 2.24) is 0 Å². The minimum absolute atomic E-state index is 0.241. The number of hydrogen-bond donors (Lipinski definition) is 2. The van der Waals surface area contributed by atoms with Crippen molar-refractivity contribution < 1.29 is 19.1 Å². The number of carbonyl (C=O) groups is 2. The van der Waals surface area contributed by atoms with Crippen molar-refractivity contribution in [2.45, 2.75) is 20.3 Å². The van der Waals surface area contributed by atoms with Crippen LogP contribution in [0.1, 0.15) is 30.6 Å². The summed E-state index contributed by atoms with van der Waals surface area (Å²) in [5, 5.41) is 5.74. The number of halogens is 2. The largest absolute Gasteiger partial charge is 0.493 e. The van der Waals surface area contributed by atoms with Crippen LogP contribution >= 0.6 is 27.5 Å². The monoisotopic (exact) mass is 454 g/mol. The van der Waals surface area contributed by atoms with Crippen LogP contribution in [0.5, 0.6) is 11.5 Å². The van der Waals surface area contributed by atoms with Crippen LogP contribution in [0.15, 0.2) is 34.8 Å². The Bertz CT molecular complexity index is 858. The third-order valence-electron chi connectivity index (χ3n) is 3.48. The van der Waals surface area contributed by atoms with Crippen LogP contribution < -0.4 is 20.1 Å². The average Bonchev–Trinajstić information content (AvgIpc) is 2.62. The molecule has 0 aliphatic carbocycles. The van der Waals surface area contributed by atoms with Gasteiger partial charge in [-0.05, 0) is 36.8 Å². The van der Waals surface area contributed by atoms with Gasteiger partial charge in [0.25, 0.3) is 5.91 Å². The second-order valence-electron chi connectivity index (χ2n) is 5.66. The highest BCUT2D eigenvalue weighted by Gasteiger charge is 2.17. The van der Waals surface area contributed by atoms with E-state index in [2.05, 4.69) is 26.6 Å². The molecule has 0 aliphatic heterocycles. The Morgan fingerprint density at radius 1 is 1.15 bits per heavy atom. The van der Waals surface area contributed by atoms with Gasteiger partial charge in [0.05, 0.1) is 30.1 Å². The molecule has 8 heteroatoms. The van der Waals surface area contributed by atoms with Gasteiger partial charge < -0.3 is 20.1 Å². The average molecular weight is 456 g/mol. The molecule has 2 amide bonds. The zero-order valence-corrected chi connectivity index (χ0v) is 17.5. The number of hydrogen-bond acceptors (Lipinski definition) is 4. The topological polar surface area (TPSA) is 76.7 Å². The maximum absolute atomic E-state index is 12.7. The van der Waals surface area contributed by atoms with E-state index in [1.54, 1.807) is 24.3 Å². The maximum atomic E-state index is 12.7. The van der Waals surface area contributed by atoms with Crippen molar-refractivity contribution in [3.8, 4) is 11.5 Å². The lowest BCUT2D eigenvalue weighted by molar-refractivity contribution is -0.114. The molecular formula is C19H20BrClN2O4. The first-order valence-corrected chi connectivity index (χ1v) is 9.41. The van der Waals surface area contributed by atoms with E-state index in [9.17, 15) is 9.59 Å². The van der Waals surface area contributed by atoms with Crippen LogP contribution in [0, 0.1) is 0 Å². The minimum Gasteiger partial charge on any atom is -0.493 e. The molecule has 2 aromatic rings. The fourth-order valence-electron chi connectivity index (χ4n) is 2.31. The number of ether oxygens (including phenoxy) is 2. The third-order valence-corrected chi connectivity index (χ3v) is 4.26. The van der Waals surface area contributed by atoms with Gasteiger partial charge in [-0.25, -0.2) is 0 Å². The van der Waals surface area contributed by atoms with Crippen molar-refractivity contribution >= 4 is 50.7 Å². The lowest BCUT2D eigenvalue weighted by Gasteiger charge is -2.15. The van der Waals surface area contributed by atoms with Gasteiger partial charge in [-0.1, -0.05) is 34.5 Å².